The van der Waals surface area contributed by atoms with Gasteiger partial charge in [0.15, 0.2) is 11.5 Å². The van der Waals surface area contributed by atoms with Crippen LogP contribution in [0.4, 0.5) is 8.78 Å². The highest BCUT2D eigenvalue weighted by Crippen LogP contribution is 2.45. The zero-order chi connectivity index (χ0) is 17.6. The van der Waals surface area contributed by atoms with Gasteiger partial charge in [-0.15, -0.1) is 8.78 Å². The molecule has 1 aromatic carbocycles. The third kappa shape index (κ3) is 3.00. The van der Waals surface area contributed by atoms with E-state index in [0.29, 0.717) is 16.8 Å². The van der Waals surface area contributed by atoms with Crippen LogP contribution in [0, 0.1) is 0 Å². The van der Waals surface area contributed by atoms with Gasteiger partial charge in [-0.2, -0.15) is 0 Å². The van der Waals surface area contributed by atoms with Gasteiger partial charge in [0.25, 0.3) is 5.91 Å². The molecule has 0 aliphatic carbocycles. The van der Waals surface area contributed by atoms with Gasteiger partial charge in [0, 0.05) is 36.5 Å². The summed E-state index contributed by atoms with van der Waals surface area (Å²) in [5, 5.41) is 0.223. The molecule has 0 radical (unpaired) electrons. The van der Waals surface area contributed by atoms with E-state index in [4.69, 9.17) is 11.6 Å². The molecule has 4 rings (SSSR count). The molecule has 0 N–H and O–H groups in total. The van der Waals surface area contributed by atoms with Gasteiger partial charge < -0.3 is 14.4 Å². The quantitative estimate of drug-likeness (QED) is 0.807. The normalized spacial score (nSPS) is 17.8. The van der Waals surface area contributed by atoms with E-state index in [0.717, 1.165) is 25.9 Å². The van der Waals surface area contributed by atoms with Crippen molar-refractivity contribution in [2.45, 2.75) is 19.1 Å². The van der Waals surface area contributed by atoms with Crippen LogP contribution in [-0.2, 0) is 0 Å². The predicted octanol–water partition coefficient (Wildman–Crippen LogP) is 3.96. The van der Waals surface area contributed by atoms with Gasteiger partial charge in [-0.3, -0.25) is 9.78 Å². The van der Waals surface area contributed by atoms with E-state index in [-0.39, 0.29) is 22.4 Å². The van der Waals surface area contributed by atoms with E-state index >= 15 is 0 Å². The monoisotopic (exact) mass is 366 g/mol. The largest absolute Gasteiger partial charge is 0.586 e. The van der Waals surface area contributed by atoms with Crippen molar-refractivity contribution in [3.05, 3.63) is 41.2 Å². The maximum absolute atomic E-state index is 13.2. The van der Waals surface area contributed by atoms with Gasteiger partial charge in [-0.1, -0.05) is 17.7 Å². The average Bonchev–Trinajstić information content (AvgIpc) is 3.20. The van der Waals surface area contributed by atoms with Crippen LogP contribution < -0.4 is 9.47 Å². The molecule has 2 aromatic rings. The number of aromatic nitrogens is 1. The number of amides is 1. The Hall–Kier alpha value is -2.41. The minimum atomic E-state index is -3.70. The fourth-order valence-corrected chi connectivity index (χ4v) is 3.22. The fourth-order valence-electron chi connectivity index (χ4n) is 2.95. The third-order valence-electron chi connectivity index (χ3n) is 4.18. The zero-order valence-corrected chi connectivity index (χ0v) is 13.7. The van der Waals surface area contributed by atoms with Crippen molar-refractivity contribution < 1.29 is 23.0 Å². The summed E-state index contributed by atoms with van der Waals surface area (Å²) in [4.78, 5) is 18.3. The molecular formula is C17H13ClF2N2O3. The van der Waals surface area contributed by atoms with Gasteiger partial charge in [0.05, 0.1) is 5.02 Å². The molecule has 1 aromatic heterocycles. The number of alkyl halides is 2. The summed E-state index contributed by atoms with van der Waals surface area (Å²) in [6.45, 7) is 1.48. The number of benzene rings is 1. The number of pyridine rings is 1. The van der Waals surface area contributed by atoms with Crippen LogP contribution in [0.5, 0.6) is 11.5 Å². The van der Waals surface area contributed by atoms with E-state index < -0.39 is 6.29 Å². The molecule has 25 heavy (non-hydrogen) atoms. The average molecular weight is 367 g/mol. The van der Waals surface area contributed by atoms with E-state index in [2.05, 4.69) is 14.5 Å². The van der Waals surface area contributed by atoms with Crippen LogP contribution in [0.3, 0.4) is 0 Å². The highest BCUT2D eigenvalue weighted by atomic mass is 35.5. The summed E-state index contributed by atoms with van der Waals surface area (Å²) < 4.78 is 35.1. The second-order valence-electron chi connectivity index (χ2n) is 5.88. The molecule has 1 saturated heterocycles. The number of hydrogen-bond donors (Lipinski definition) is 0. The van der Waals surface area contributed by atoms with Crippen molar-refractivity contribution >= 4 is 17.5 Å². The predicted molar refractivity (Wildman–Crippen MR) is 86.0 cm³/mol. The SMILES string of the molecule is O=C(c1ccc(-c2cc3c(cc2Cl)OC(F)(F)O3)cn1)N1CCCC1. The summed E-state index contributed by atoms with van der Waals surface area (Å²) >= 11 is 6.16. The van der Waals surface area contributed by atoms with Crippen LogP contribution in [0.25, 0.3) is 11.1 Å². The second-order valence-corrected chi connectivity index (χ2v) is 6.28. The Labute approximate surface area is 147 Å². The third-order valence-corrected chi connectivity index (χ3v) is 4.49. The fraction of sp³-hybridized carbons (Fsp3) is 0.294. The lowest BCUT2D eigenvalue weighted by Gasteiger charge is -2.14. The summed E-state index contributed by atoms with van der Waals surface area (Å²) in [5.41, 5.74) is 1.40. The Morgan fingerprint density at radius 2 is 1.84 bits per heavy atom. The molecule has 0 unspecified atom stereocenters. The van der Waals surface area contributed by atoms with Gasteiger partial charge in [-0.05, 0) is 25.0 Å². The molecule has 8 heteroatoms. The maximum Gasteiger partial charge on any atom is 0.586 e. The first-order valence-corrected chi connectivity index (χ1v) is 8.16. The van der Waals surface area contributed by atoms with Gasteiger partial charge in [0.1, 0.15) is 5.69 Å². The lowest BCUT2D eigenvalue weighted by Crippen LogP contribution is -2.28. The van der Waals surface area contributed by atoms with Gasteiger partial charge >= 0.3 is 6.29 Å². The van der Waals surface area contributed by atoms with Crippen molar-refractivity contribution in [1.29, 1.82) is 0 Å². The van der Waals surface area contributed by atoms with E-state index in [1.807, 2.05) is 0 Å². The molecule has 3 heterocycles. The lowest BCUT2D eigenvalue weighted by molar-refractivity contribution is -0.286. The number of carbonyl (C=O) groups excluding carboxylic acids is 1. The number of likely N-dealkylation sites (tertiary alicyclic amines) is 1. The molecule has 1 amide bonds. The number of halogens is 3. The Kier molecular flexibility index (Phi) is 3.76. The summed E-state index contributed by atoms with van der Waals surface area (Å²) in [6.07, 6.45) is -0.206. The maximum atomic E-state index is 13.2. The molecule has 0 saturated carbocycles. The molecule has 0 bridgehead atoms. The highest BCUT2D eigenvalue weighted by molar-refractivity contribution is 6.33. The van der Waals surface area contributed by atoms with Crippen LogP contribution >= 0.6 is 11.6 Å². The molecule has 2 aliphatic heterocycles. The van der Waals surface area contributed by atoms with Crippen LogP contribution in [-0.4, -0.2) is 35.2 Å². The van der Waals surface area contributed by atoms with E-state index in [1.54, 1.807) is 17.0 Å². The number of carbonyl (C=O) groups is 1. The Bertz CT molecular complexity index is 837. The Morgan fingerprint density at radius 1 is 1.16 bits per heavy atom. The van der Waals surface area contributed by atoms with Crippen LogP contribution in [0.2, 0.25) is 5.02 Å². The van der Waals surface area contributed by atoms with Crippen molar-refractivity contribution in [3.8, 4) is 22.6 Å². The number of nitrogens with zero attached hydrogens (tertiary/aromatic N) is 2. The Morgan fingerprint density at radius 3 is 2.48 bits per heavy atom. The lowest BCUT2D eigenvalue weighted by atomic mass is 10.1. The van der Waals surface area contributed by atoms with Crippen molar-refractivity contribution in [3.63, 3.8) is 0 Å². The molecule has 0 spiro atoms. The number of rotatable bonds is 2. The minimum absolute atomic E-state index is 0.0957. The number of ether oxygens (including phenoxy) is 2. The van der Waals surface area contributed by atoms with Crippen molar-refractivity contribution in [2.75, 3.05) is 13.1 Å². The van der Waals surface area contributed by atoms with Crippen LogP contribution in [0.15, 0.2) is 30.5 Å². The summed E-state index contributed by atoms with van der Waals surface area (Å²) in [7, 11) is 0. The molecule has 2 aliphatic rings. The molecular weight excluding hydrogens is 354 g/mol. The number of hydrogen-bond acceptors (Lipinski definition) is 4. The molecule has 130 valence electrons. The molecule has 0 atom stereocenters. The Balaban J connectivity index is 1.62. The first kappa shape index (κ1) is 16.1. The molecule has 1 fully saturated rings. The van der Waals surface area contributed by atoms with E-state index in [1.165, 1.54) is 18.3 Å². The first-order valence-electron chi connectivity index (χ1n) is 7.78. The van der Waals surface area contributed by atoms with E-state index in [9.17, 15) is 13.6 Å². The summed E-state index contributed by atoms with van der Waals surface area (Å²) in [6, 6.07) is 5.93. The minimum Gasteiger partial charge on any atom is -0.395 e. The second kappa shape index (κ2) is 5.84. The van der Waals surface area contributed by atoms with Crippen LogP contribution in [0.1, 0.15) is 23.3 Å². The topological polar surface area (TPSA) is 51.7 Å². The first-order chi connectivity index (χ1) is 11.9. The van der Waals surface area contributed by atoms with Gasteiger partial charge in [0.2, 0.25) is 0 Å². The zero-order valence-electron chi connectivity index (χ0n) is 13.0. The molecule has 5 nitrogen and oxygen atoms in total. The van der Waals surface area contributed by atoms with Crippen molar-refractivity contribution in [2.24, 2.45) is 0 Å². The van der Waals surface area contributed by atoms with Crippen molar-refractivity contribution in [1.82, 2.24) is 9.88 Å². The number of fused-ring (bicyclic) bond motifs is 1. The highest BCUT2D eigenvalue weighted by Gasteiger charge is 2.43. The standard InChI is InChI=1S/C17H13ClF2N2O3/c18-12-8-15-14(24-17(19,20)25-15)7-11(12)10-3-4-13(21-9-10)16(23)22-5-1-2-6-22/h3-4,7-9H,1-2,5-6H2. The smallest absolute Gasteiger partial charge is 0.395 e. The summed E-state index contributed by atoms with van der Waals surface area (Å²) in [5.74, 6) is -0.324. The van der Waals surface area contributed by atoms with Gasteiger partial charge in [-0.25, -0.2) is 0 Å².